The van der Waals surface area contributed by atoms with Crippen molar-refractivity contribution in [2.24, 2.45) is 16.6 Å². The van der Waals surface area contributed by atoms with Crippen molar-refractivity contribution in [3.63, 3.8) is 0 Å². The van der Waals surface area contributed by atoms with Gasteiger partial charge in [-0.1, -0.05) is 26.0 Å². The van der Waals surface area contributed by atoms with E-state index in [2.05, 4.69) is 42.2 Å². The zero-order valence-corrected chi connectivity index (χ0v) is 14.1. The van der Waals surface area contributed by atoms with Crippen LogP contribution in [0.3, 0.4) is 0 Å². The van der Waals surface area contributed by atoms with E-state index in [0.29, 0.717) is 24.5 Å². The fourth-order valence-corrected chi connectivity index (χ4v) is 2.70. The summed E-state index contributed by atoms with van der Waals surface area (Å²) in [6, 6.07) is 0.319. The third-order valence-corrected chi connectivity index (χ3v) is 3.95. The van der Waals surface area contributed by atoms with Gasteiger partial charge in [-0.05, 0) is 18.8 Å². The van der Waals surface area contributed by atoms with E-state index in [-0.39, 0.29) is 6.10 Å². The normalized spacial score (nSPS) is 20.4. The van der Waals surface area contributed by atoms with E-state index in [4.69, 9.17) is 10.5 Å². The summed E-state index contributed by atoms with van der Waals surface area (Å²) >= 11 is 0. The number of nitrogens with one attached hydrogen (secondary N) is 1. The summed E-state index contributed by atoms with van der Waals surface area (Å²) in [4.78, 5) is 6.83. The zero-order chi connectivity index (χ0) is 16.4. The van der Waals surface area contributed by atoms with E-state index in [1.807, 2.05) is 12.2 Å². The Hall–Kier alpha value is -1.33. The Bertz CT molecular complexity index is 352. The third-order valence-electron chi connectivity index (χ3n) is 3.95. The molecule has 0 aliphatic carbocycles. The summed E-state index contributed by atoms with van der Waals surface area (Å²) in [5.41, 5.74) is 5.97. The smallest absolute Gasteiger partial charge is 0.188 e. The molecular formula is C17H32N4O. The third kappa shape index (κ3) is 6.62. The van der Waals surface area contributed by atoms with E-state index in [1.54, 1.807) is 0 Å². The van der Waals surface area contributed by atoms with Gasteiger partial charge in [0, 0.05) is 32.3 Å². The molecule has 2 unspecified atom stereocenters. The van der Waals surface area contributed by atoms with Gasteiger partial charge in [-0.15, -0.1) is 13.2 Å². The van der Waals surface area contributed by atoms with Crippen LogP contribution in [-0.2, 0) is 4.74 Å². The van der Waals surface area contributed by atoms with Crippen molar-refractivity contribution >= 4 is 5.96 Å². The van der Waals surface area contributed by atoms with Crippen LogP contribution in [-0.4, -0.2) is 55.8 Å². The Morgan fingerprint density at radius 2 is 2.09 bits per heavy atom. The number of ether oxygens (including phenoxy) is 1. The first-order valence-electron chi connectivity index (χ1n) is 8.19. The van der Waals surface area contributed by atoms with Crippen LogP contribution in [0.5, 0.6) is 0 Å². The molecule has 0 amide bonds. The average molecular weight is 308 g/mol. The minimum absolute atomic E-state index is 0.271. The highest BCUT2D eigenvalue weighted by Gasteiger charge is 2.20. The van der Waals surface area contributed by atoms with Crippen LogP contribution in [0.1, 0.15) is 26.7 Å². The topological polar surface area (TPSA) is 62.9 Å². The average Bonchev–Trinajstić information content (AvgIpc) is 2.98. The molecule has 0 saturated carbocycles. The molecule has 0 spiro atoms. The van der Waals surface area contributed by atoms with Crippen LogP contribution in [0.25, 0.3) is 0 Å². The molecule has 22 heavy (non-hydrogen) atoms. The predicted molar refractivity (Wildman–Crippen MR) is 94.1 cm³/mol. The number of hydrogen-bond acceptors (Lipinski definition) is 3. The number of rotatable bonds is 10. The summed E-state index contributed by atoms with van der Waals surface area (Å²) in [5, 5.41) is 3.17. The van der Waals surface area contributed by atoms with Crippen LogP contribution in [0, 0.1) is 5.92 Å². The molecule has 0 aromatic carbocycles. The first-order chi connectivity index (χ1) is 10.6. The first-order valence-corrected chi connectivity index (χ1v) is 8.19. The standard InChI is InChI=1S/C17H32N4O/c1-5-9-21(10-6-2)16(14(3)4)13-20-17(18)19-12-15-8-7-11-22-15/h5-6,14-16H,1-2,7-13H2,3-4H3,(H3,18,19,20). The summed E-state index contributed by atoms with van der Waals surface area (Å²) in [5.74, 6) is 0.980. The van der Waals surface area contributed by atoms with E-state index >= 15 is 0 Å². The van der Waals surface area contributed by atoms with Crippen molar-refractivity contribution in [1.82, 2.24) is 10.2 Å². The van der Waals surface area contributed by atoms with Gasteiger partial charge in [-0.3, -0.25) is 9.89 Å². The van der Waals surface area contributed by atoms with Gasteiger partial charge >= 0.3 is 0 Å². The van der Waals surface area contributed by atoms with Crippen LogP contribution in [0.2, 0.25) is 0 Å². The number of nitrogens with two attached hydrogens (primary N) is 1. The molecule has 1 rings (SSSR count). The molecule has 5 heteroatoms. The maximum Gasteiger partial charge on any atom is 0.188 e. The second kappa shape index (κ2) is 10.4. The van der Waals surface area contributed by atoms with Gasteiger partial charge in [0.25, 0.3) is 0 Å². The van der Waals surface area contributed by atoms with Crippen LogP contribution in [0.4, 0.5) is 0 Å². The van der Waals surface area contributed by atoms with Crippen molar-refractivity contribution < 1.29 is 4.74 Å². The molecule has 1 fully saturated rings. The van der Waals surface area contributed by atoms with Crippen LogP contribution in [0.15, 0.2) is 30.3 Å². The second-order valence-corrected chi connectivity index (χ2v) is 6.08. The Morgan fingerprint density at radius 1 is 1.41 bits per heavy atom. The number of nitrogens with zero attached hydrogens (tertiary/aromatic N) is 2. The molecule has 1 aliphatic rings. The molecule has 1 saturated heterocycles. The van der Waals surface area contributed by atoms with Gasteiger partial charge in [-0.2, -0.15) is 0 Å². The molecule has 126 valence electrons. The predicted octanol–water partition coefficient (Wildman–Crippen LogP) is 1.77. The number of guanidine groups is 1. The lowest BCUT2D eigenvalue weighted by Crippen LogP contribution is -2.43. The Morgan fingerprint density at radius 3 is 2.59 bits per heavy atom. The summed E-state index contributed by atoms with van der Waals surface area (Å²) in [6.45, 7) is 16.0. The quantitative estimate of drug-likeness (QED) is 0.367. The fraction of sp³-hybridized carbons (Fsp3) is 0.706. The Labute approximate surface area is 135 Å². The molecule has 3 N–H and O–H groups in total. The van der Waals surface area contributed by atoms with Crippen LogP contribution < -0.4 is 11.1 Å². The molecule has 0 aromatic heterocycles. The highest BCUT2D eigenvalue weighted by molar-refractivity contribution is 5.77. The maximum atomic E-state index is 5.97. The molecule has 2 atom stereocenters. The summed E-state index contributed by atoms with van der Waals surface area (Å²) in [7, 11) is 0. The molecule has 0 aromatic rings. The minimum Gasteiger partial charge on any atom is -0.376 e. The van der Waals surface area contributed by atoms with Crippen LogP contribution >= 0.6 is 0 Å². The highest BCUT2D eigenvalue weighted by Crippen LogP contribution is 2.12. The Balaban J connectivity index is 2.50. The van der Waals surface area contributed by atoms with Gasteiger partial charge in [0.15, 0.2) is 5.96 Å². The molecule has 0 bridgehead atoms. The Kier molecular flexibility index (Phi) is 8.85. The molecule has 1 heterocycles. The van der Waals surface area contributed by atoms with Gasteiger partial charge in [0.2, 0.25) is 0 Å². The summed E-state index contributed by atoms with van der Waals surface area (Å²) < 4.78 is 5.57. The van der Waals surface area contributed by atoms with E-state index in [0.717, 1.165) is 39.1 Å². The van der Waals surface area contributed by atoms with E-state index in [1.165, 1.54) is 0 Å². The molecular weight excluding hydrogens is 276 g/mol. The first kappa shape index (κ1) is 18.7. The summed E-state index contributed by atoms with van der Waals surface area (Å²) in [6.07, 6.45) is 6.34. The number of aliphatic imine (C=N–C) groups is 1. The van der Waals surface area contributed by atoms with Gasteiger partial charge < -0.3 is 15.8 Å². The van der Waals surface area contributed by atoms with E-state index < -0.39 is 0 Å². The lowest BCUT2D eigenvalue weighted by molar-refractivity contribution is 0.114. The molecule has 0 radical (unpaired) electrons. The SMILES string of the molecule is C=CCN(CC=C)C(CN=C(N)NCC1CCCO1)C(C)C. The monoisotopic (exact) mass is 308 g/mol. The van der Waals surface area contributed by atoms with Gasteiger partial charge in [0.1, 0.15) is 0 Å². The molecule has 1 aliphatic heterocycles. The lowest BCUT2D eigenvalue weighted by Gasteiger charge is -2.31. The second-order valence-electron chi connectivity index (χ2n) is 6.08. The van der Waals surface area contributed by atoms with Gasteiger partial charge in [-0.25, -0.2) is 0 Å². The zero-order valence-electron chi connectivity index (χ0n) is 14.1. The largest absolute Gasteiger partial charge is 0.376 e. The fourth-order valence-electron chi connectivity index (χ4n) is 2.70. The number of hydrogen-bond donors (Lipinski definition) is 2. The minimum atomic E-state index is 0.271. The van der Waals surface area contributed by atoms with Crippen molar-refractivity contribution in [1.29, 1.82) is 0 Å². The van der Waals surface area contributed by atoms with E-state index in [9.17, 15) is 0 Å². The van der Waals surface area contributed by atoms with Crippen molar-refractivity contribution in [3.05, 3.63) is 25.3 Å². The van der Waals surface area contributed by atoms with Crippen molar-refractivity contribution in [3.8, 4) is 0 Å². The highest BCUT2D eigenvalue weighted by atomic mass is 16.5. The van der Waals surface area contributed by atoms with Crippen molar-refractivity contribution in [2.45, 2.75) is 38.8 Å². The van der Waals surface area contributed by atoms with Gasteiger partial charge in [0.05, 0.1) is 12.6 Å². The molecule has 5 nitrogen and oxygen atoms in total. The van der Waals surface area contributed by atoms with Crippen molar-refractivity contribution in [2.75, 3.05) is 32.8 Å². The maximum absolute atomic E-state index is 5.97. The lowest BCUT2D eigenvalue weighted by atomic mass is 10.0.